The lowest BCUT2D eigenvalue weighted by atomic mass is 10.1. The van der Waals surface area contributed by atoms with Gasteiger partial charge < -0.3 is 36.5 Å². The summed E-state index contributed by atoms with van der Waals surface area (Å²) >= 11 is 0. The van der Waals surface area contributed by atoms with Crippen LogP contribution in [0.15, 0.2) is 352 Å². The molecule has 0 fully saturated rings. The summed E-state index contributed by atoms with van der Waals surface area (Å²) in [6.45, 7) is 7.96. The third kappa shape index (κ3) is 28.3. The van der Waals surface area contributed by atoms with Gasteiger partial charge in [0.15, 0.2) is 0 Å². The summed E-state index contributed by atoms with van der Waals surface area (Å²) in [4.78, 5) is 127. The van der Waals surface area contributed by atoms with Crippen molar-refractivity contribution in [3.63, 3.8) is 0 Å². The van der Waals surface area contributed by atoms with E-state index in [9.17, 15) is 28.8 Å². The predicted molar refractivity (Wildman–Crippen MR) is 516 cm³/mol. The molecule has 26 nitrogen and oxygen atoms in total. The van der Waals surface area contributed by atoms with Gasteiger partial charge in [0, 0.05) is 132 Å². The Morgan fingerprint density at radius 3 is 0.799 bits per heavy atom. The molecule has 6 N–H and O–H groups in total. The lowest BCUT2D eigenvalue weighted by Gasteiger charge is -2.25. The minimum atomic E-state index is -0.267. The summed E-state index contributed by atoms with van der Waals surface area (Å²) in [7, 11) is 0. The molecule has 7 aromatic carbocycles. The lowest BCUT2D eigenvalue weighted by Crippen LogP contribution is -2.30. The lowest BCUT2D eigenvalue weighted by molar-refractivity contribution is 0.0648. The van der Waals surface area contributed by atoms with E-state index in [0.29, 0.717) is 180 Å². The van der Waals surface area contributed by atoms with E-state index in [-0.39, 0.29) is 35.4 Å². The van der Waals surface area contributed by atoms with Gasteiger partial charge in [-0.2, -0.15) is 0 Å². The average Bonchev–Trinajstić information content (AvgIpc) is 1.63. The SMILES string of the molecule is NCCCCOc1cc(CN(Cc2ccccn2)Cc2cccc(NC(=O)c3ccccc3)n2)cc(CN(Cc2ccccn2)Cc2cccc(NC(=O)c3ccccc3)n2)c1.O=C(Nc1cccc(CN(Cc2cc(CN(Cc3ccccn3)Cc3cccc(NC(=O)c4ccccc4)n3)cc(OCCCCN3C(=O)c4ccccc4C3=O)c2)Cc2ccccn2)n1)c1ccccc1. The molecule has 0 radical (unpaired) electrons. The van der Waals surface area contributed by atoms with Crippen molar-refractivity contribution in [3.05, 3.63) is 454 Å². The number of nitrogens with zero attached hydrogens (tertiary/aromatic N) is 13. The molecule has 6 amide bonds. The molecule has 0 spiro atoms. The first-order chi connectivity index (χ1) is 65.7. The third-order valence-electron chi connectivity index (χ3n) is 21.8. The van der Waals surface area contributed by atoms with Crippen LogP contribution in [0, 0.1) is 0 Å². The molecule has 0 bridgehead atoms. The molecule has 1 aliphatic heterocycles. The molecular weight excluding hydrogens is 1680 g/mol. The van der Waals surface area contributed by atoms with Crippen molar-refractivity contribution >= 4 is 58.7 Å². The fraction of sp³-hybridized carbons (Fsp3) is 0.185. The van der Waals surface area contributed by atoms with Gasteiger partial charge in [-0.15, -0.1) is 0 Å². The van der Waals surface area contributed by atoms with Crippen LogP contribution in [0.1, 0.15) is 156 Å². The maximum absolute atomic E-state index is 13.1. The maximum Gasteiger partial charge on any atom is 0.261 e. The summed E-state index contributed by atoms with van der Waals surface area (Å²) in [6.07, 6.45) is 10.1. The first kappa shape index (κ1) is 92.9. The molecule has 0 saturated heterocycles. The Morgan fingerprint density at radius 2 is 0.530 bits per heavy atom. The largest absolute Gasteiger partial charge is 0.494 e. The quantitative estimate of drug-likeness (QED) is 0.0175. The molecule has 9 heterocycles. The summed E-state index contributed by atoms with van der Waals surface area (Å²) < 4.78 is 12.9. The first-order valence-corrected chi connectivity index (χ1v) is 44.7. The number of imide groups is 1. The molecule has 1 aliphatic rings. The van der Waals surface area contributed by atoms with E-state index >= 15 is 0 Å². The second-order valence-corrected chi connectivity index (χ2v) is 32.4. The third-order valence-corrected chi connectivity index (χ3v) is 21.8. The van der Waals surface area contributed by atoms with Gasteiger partial charge in [-0.05, 0) is 236 Å². The Bertz CT molecular complexity index is 6000. The monoisotopic (exact) mass is 1780 g/mol. The number of hydrogen-bond donors (Lipinski definition) is 5. The fourth-order valence-corrected chi connectivity index (χ4v) is 15.6. The van der Waals surface area contributed by atoms with Crippen molar-refractivity contribution < 1.29 is 38.2 Å². The Labute approximate surface area is 779 Å². The van der Waals surface area contributed by atoms with Crippen LogP contribution in [0.2, 0.25) is 0 Å². The Balaban J connectivity index is 0.000000207. The molecule has 16 rings (SSSR count). The van der Waals surface area contributed by atoms with Gasteiger partial charge in [-0.3, -0.25) is 73.2 Å². The summed E-state index contributed by atoms with van der Waals surface area (Å²) in [6, 6.07) is 102. The first-order valence-electron chi connectivity index (χ1n) is 44.7. The van der Waals surface area contributed by atoms with Gasteiger partial charge in [0.25, 0.3) is 35.4 Å². The summed E-state index contributed by atoms with van der Waals surface area (Å²) in [5, 5.41) is 11.8. The van der Waals surface area contributed by atoms with Gasteiger partial charge >= 0.3 is 0 Å². The number of carbonyl (C=O) groups excluding carboxylic acids is 6. The normalized spacial score (nSPS) is 11.6. The zero-order valence-electron chi connectivity index (χ0n) is 74.3. The molecule has 15 aromatic rings. The van der Waals surface area contributed by atoms with Gasteiger partial charge in [-0.25, -0.2) is 19.9 Å². The topological polar surface area (TPSA) is 314 Å². The molecule has 0 aliphatic carbocycles. The van der Waals surface area contributed by atoms with E-state index in [2.05, 4.69) is 85.1 Å². The number of nitrogens with one attached hydrogen (secondary N) is 4. The Hall–Kier alpha value is -15.8. The van der Waals surface area contributed by atoms with Crippen molar-refractivity contribution in [1.29, 1.82) is 0 Å². The minimum Gasteiger partial charge on any atom is -0.494 e. The van der Waals surface area contributed by atoms with Gasteiger partial charge in [0.05, 0.1) is 69.9 Å². The number of amides is 6. The molecule has 0 atom stereocenters. The Kier molecular flexibility index (Phi) is 33.4. The summed E-state index contributed by atoms with van der Waals surface area (Å²) in [5.74, 6) is 1.86. The Morgan fingerprint density at radius 1 is 0.276 bits per heavy atom. The van der Waals surface area contributed by atoms with E-state index in [1.54, 1.807) is 122 Å². The number of anilines is 4. The molecule has 0 unspecified atom stereocenters. The number of pyridine rings is 8. The van der Waals surface area contributed by atoms with Gasteiger partial charge in [0.1, 0.15) is 34.8 Å². The van der Waals surface area contributed by atoms with Crippen molar-refractivity contribution in [2.45, 2.75) is 104 Å². The number of benzene rings is 7. The highest BCUT2D eigenvalue weighted by molar-refractivity contribution is 6.21. The van der Waals surface area contributed by atoms with Crippen molar-refractivity contribution in [2.75, 3.05) is 47.6 Å². The zero-order chi connectivity index (χ0) is 92.3. The number of nitrogens with two attached hydrogens (primary N) is 1. The molecule has 0 saturated carbocycles. The molecule has 26 heteroatoms. The van der Waals surface area contributed by atoms with Crippen molar-refractivity contribution in [2.24, 2.45) is 5.73 Å². The highest BCUT2D eigenvalue weighted by Gasteiger charge is 2.35. The van der Waals surface area contributed by atoms with Crippen LogP contribution >= 0.6 is 0 Å². The number of aromatic nitrogens is 8. The highest BCUT2D eigenvalue weighted by atomic mass is 16.5. The van der Waals surface area contributed by atoms with E-state index in [1.165, 1.54) is 4.90 Å². The van der Waals surface area contributed by atoms with Crippen LogP contribution < -0.4 is 36.5 Å². The number of hydrogen-bond acceptors (Lipinski definition) is 21. The van der Waals surface area contributed by atoms with Crippen molar-refractivity contribution in [1.82, 2.24) is 64.4 Å². The van der Waals surface area contributed by atoms with Gasteiger partial charge in [-0.1, -0.05) is 146 Å². The number of unbranched alkanes of at least 4 members (excludes halogenated alkanes) is 2. The number of rotatable bonds is 43. The van der Waals surface area contributed by atoms with E-state index in [0.717, 1.165) is 86.4 Å². The van der Waals surface area contributed by atoms with Crippen LogP contribution in [-0.4, -0.2) is 126 Å². The van der Waals surface area contributed by atoms with Crippen LogP contribution in [-0.2, 0) is 78.5 Å². The predicted octanol–water partition coefficient (Wildman–Crippen LogP) is 17.9. The van der Waals surface area contributed by atoms with E-state index in [4.69, 9.17) is 35.1 Å². The van der Waals surface area contributed by atoms with Gasteiger partial charge in [0.2, 0.25) is 0 Å². The fourth-order valence-electron chi connectivity index (χ4n) is 15.6. The van der Waals surface area contributed by atoms with Crippen LogP contribution in [0.25, 0.3) is 0 Å². The standard InChI is InChI=1S/C58H53N9O5.C50H51N9O3/c68-55(44-17-3-1-4-18-44)63-53-27-15-23-48(61-53)40-65(38-46-21-9-11-29-59-46)36-42-33-43(35-50(34-42)72-32-14-13-31-67-57(70)51-25-7-8-26-52(51)58(67)71)37-66(39-47-22-10-12-30-60-47)41-49-24-16-28-54(62-49)64-56(69)45-19-5-2-6-20-45;51-25-9-12-28-62-46-30-38(32-58(34-42-19-7-10-26-52-42)36-44-21-13-23-47(54-44)56-49(60)40-15-3-1-4-16-40)29-39(31-46)33-59(35-43-20-8-11-27-53-43)37-45-22-14-24-48(55-45)57-50(61)41-17-5-2-6-18-41/h1-12,15-30,33-35H,13-14,31-32,36-41H2,(H,61,63,68)(H,62,64,69);1-8,10-11,13-24,26-27,29-31H,9,12,25,28,32-37,51H2,(H,54,56,60)(H,55,57,61). The minimum absolute atomic E-state index is 0.216. The molecule has 8 aromatic heterocycles. The van der Waals surface area contributed by atoms with Crippen molar-refractivity contribution in [3.8, 4) is 11.5 Å². The number of fused-ring (bicyclic) bond motifs is 1. The number of ether oxygens (including phenoxy) is 2. The van der Waals surface area contributed by atoms with Crippen LogP contribution in [0.5, 0.6) is 11.5 Å². The zero-order valence-corrected chi connectivity index (χ0v) is 74.3. The highest BCUT2D eigenvalue weighted by Crippen LogP contribution is 2.29. The maximum atomic E-state index is 13.1. The summed E-state index contributed by atoms with van der Waals surface area (Å²) in [5.41, 5.74) is 19.7. The van der Waals surface area contributed by atoms with Crippen LogP contribution in [0.3, 0.4) is 0 Å². The van der Waals surface area contributed by atoms with E-state index in [1.807, 2.05) is 206 Å². The second kappa shape index (κ2) is 48.2. The number of carbonyl (C=O) groups is 6. The second-order valence-electron chi connectivity index (χ2n) is 32.4. The average molecular weight is 1780 g/mol. The smallest absolute Gasteiger partial charge is 0.261 e. The van der Waals surface area contributed by atoms with E-state index < -0.39 is 0 Å². The molecule has 674 valence electrons. The molecule has 134 heavy (non-hydrogen) atoms. The molecular formula is C108H104N18O8. The van der Waals surface area contributed by atoms with Crippen LogP contribution in [0.4, 0.5) is 23.3 Å².